The summed E-state index contributed by atoms with van der Waals surface area (Å²) in [5.74, 6) is -0.130. The molecule has 0 radical (unpaired) electrons. The van der Waals surface area contributed by atoms with Gasteiger partial charge in [0.1, 0.15) is 0 Å². The summed E-state index contributed by atoms with van der Waals surface area (Å²) in [6.45, 7) is 3.38. The van der Waals surface area contributed by atoms with E-state index in [1.165, 1.54) is 6.42 Å². The standard InChI is InChI=1S/C19H23N3O2/c1-2-16-5-3-4-10-21(16)19(24)15-11-18(23)22(13-15)17-8-6-14(12-20)7-9-17/h6-9,15-16H,2-5,10-11,13H2,1H3. The first-order valence-corrected chi connectivity index (χ1v) is 8.75. The van der Waals surface area contributed by atoms with Gasteiger partial charge in [-0.2, -0.15) is 5.26 Å². The predicted octanol–water partition coefficient (Wildman–Crippen LogP) is 2.70. The molecular formula is C19H23N3O2. The van der Waals surface area contributed by atoms with Crippen LogP contribution in [0.15, 0.2) is 24.3 Å². The molecule has 2 atom stereocenters. The number of nitrogens with zero attached hydrogens (tertiary/aromatic N) is 3. The number of rotatable bonds is 3. The molecule has 0 saturated carbocycles. The number of likely N-dealkylation sites (tertiary alicyclic amines) is 1. The molecule has 1 aromatic rings. The molecule has 3 rings (SSSR count). The van der Waals surface area contributed by atoms with Crippen molar-refractivity contribution in [2.45, 2.75) is 45.1 Å². The fraction of sp³-hybridized carbons (Fsp3) is 0.526. The van der Waals surface area contributed by atoms with Crippen molar-refractivity contribution in [2.75, 3.05) is 18.0 Å². The number of benzene rings is 1. The second kappa shape index (κ2) is 7.04. The maximum absolute atomic E-state index is 12.9. The Morgan fingerprint density at radius 3 is 2.71 bits per heavy atom. The van der Waals surface area contributed by atoms with E-state index >= 15 is 0 Å². The first-order valence-electron chi connectivity index (χ1n) is 8.75. The molecule has 2 aliphatic heterocycles. The molecular weight excluding hydrogens is 302 g/mol. The third-order valence-corrected chi connectivity index (χ3v) is 5.16. The van der Waals surface area contributed by atoms with Gasteiger partial charge in [0.25, 0.3) is 0 Å². The van der Waals surface area contributed by atoms with E-state index in [9.17, 15) is 9.59 Å². The van der Waals surface area contributed by atoms with Crippen LogP contribution in [0.2, 0.25) is 0 Å². The van der Waals surface area contributed by atoms with E-state index in [4.69, 9.17) is 5.26 Å². The van der Waals surface area contributed by atoms with Crippen molar-refractivity contribution < 1.29 is 9.59 Å². The fourth-order valence-electron chi connectivity index (χ4n) is 3.79. The number of anilines is 1. The average Bonchev–Trinajstić information content (AvgIpc) is 3.03. The van der Waals surface area contributed by atoms with Gasteiger partial charge < -0.3 is 9.80 Å². The van der Waals surface area contributed by atoms with Gasteiger partial charge in [0, 0.05) is 31.2 Å². The van der Waals surface area contributed by atoms with Crippen LogP contribution in [-0.4, -0.2) is 35.8 Å². The van der Waals surface area contributed by atoms with Crippen LogP contribution in [-0.2, 0) is 9.59 Å². The lowest BCUT2D eigenvalue weighted by Gasteiger charge is -2.36. The predicted molar refractivity (Wildman–Crippen MR) is 91.3 cm³/mol. The van der Waals surface area contributed by atoms with Crippen molar-refractivity contribution in [2.24, 2.45) is 5.92 Å². The van der Waals surface area contributed by atoms with Crippen LogP contribution in [0.5, 0.6) is 0 Å². The van der Waals surface area contributed by atoms with Crippen molar-refractivity contribution in [1.29, 1.82) is 5.26 Å². The molecule has 2 aliphatic rings. The topological polar surface area (TPSA) is 64.4 Å². The lowest BCUT2D eigenvalue weighted by atomic mass is 9.97. The van der Waals surface area contributed by atoms with Gasteiger partial charge in [-0.05, 0) is 49.9 Å². The van der Waals surface area contributed by atoms with Gasteiger partial charge in [0.2, 0.25) is 11.8 Å². The van der Waals surface area contributed by atoms with E-state index in [1.807, 2.05) is 4.90 Å². The van der Waals surface area contributed by atoms with E-state index in [0.717, 1.165) is 31.5 Å². The van der Waals surface area contributed by atoms with Gasteiger partial charge in [-0.25, -0.2) is 0 Å². The van der Waals surface area contributed by atoms with Gasteiger partial charge in [0.05, 0.1) is 17.6 Å². The molecule has 5 heteroatoms. The maximum Gasteiger partial charge on any atom is 0.228 e. The van der Waals surface area contributed by atoms with Crippen LogP contribution in [0.3, 0.4) is 0 Å². The minimum absolute atomic E-state index is 0.0110. The van der Waals surface area contributed by atoms with Gasteiger partial charge in [-0.3, -0.25) is 9.59 Å². The molecule has 0 aromatic heterocycles. The van der Waals surface area contributed by atoms with Crippen molar-refractivity contribution in [3.8, 4) is 6.07 Å². The first-order chi connectivity index (χ1) is 11.6. The molecule has 24 heavy (non-hydrogen) atoms. The third-order valence-electron chi connectivity index (χ3n) is 5.16. The fourth-order valence-corrected chi connectivity index (χ4v) is 3.79. The van der Waals surface area contributed by atoms with Crippen LogP contribution in [0, 0.1) is 17.2 Å². The van der Waals surface area contributed by atoms with Crippen LogP contribution >= 0.6 is 0 Å². The van der Waals surface area contributed by atoms with Gasteiger partial charge in [0.15, 0.2) is 0 Å². The molecule has 2 heterocycles. The van der Waals surface area contributed by atoms with E-state index in [1.54, 1.807) is 29.2 Å². The summed E-state index contributed by atoms with van der Waals surface area (Å²) in [5, 5.41) is 8.87. The zero-order valence-electron chi connectivity index (χ0n) is 14.1. The summed E-state index contributed by atoms with van der Waals surface area (Å²) >= 11 is 0. The monoisotopic (exact) mass is 325 g/mol. The number of hydrogen-bond donors (Lipinski definition) is 0. The molecule has 2 unspecified atom stereocenters. The summed E-state index contributed by atoms with van der Waals surface area (Å²) in [4.78, 5) is 28.9. The van der Waals surface area contributed by atoms with Crippen LogP contribution < -0.4 is 4.90 Å². The highest BCUT2D eigenvalue weighted by molar-refractivity contribution is 6.00. The maximum atomic E-state index is 12.9. The summed E-state index contributed by atoms with van der Waals surface area (Å²) in [6, 6.07) is 9.36. The molecule has 2 amide bonds. The van der Waals surface area contributed by atoms with E-state index in [-0.39, 0.29) is 24.2 Å². The molecule has 0 N–H and O–H groups in total. The number of amides is 2. The Morgan fingerprint density at radius 1 is 1.29 bits per heavy atom. The molecule has 0 spiro atoms. The zero-order valence-corrected chi connectivity index (χ0v) is 14.1. The Hall–Kier alpha value is -2.35. The normalized spacial score (nSPS) is 24.1. The lowest BCUT2D eigenvalue weighted by molar-refractivity contribution is -0.139. The minimum atomic E-state index is -0.250. The number of nitriles is 1. The molecule has 2 fully saturated rings. The zero-order chi connectivity index (χ0) is 17.1. The molecule has 1 aromatic carbocycles. The molecule has 0 aliphatic carbocycles. The van der Waals surface area contributed by atoms with Crippen molar-refractivity contribution in [1.82, 2.24) is 4.90 Å². The smallest absolute Gasteiger partial charge is 0.228 e. The quantitative estimate of drug-likeness (QED) is 0.858. The number of carbonyl (C=O) groups excluding carboxylic acids is 2. The Labute approximate surface area is 142 Å². The summed E-state index contributed by atoms with van der Waals surface area (Å²) < 4.78 is 0. The molecule has 5 nitrogen and oxygen atoms in total. The van der Waals surface area contributed by atoms with Gasteiger partial charge >= 0.3 is 0 Å². The summed E-state index contributed by atoms with van der Waals surface area (Å²) in [6.07, 6.45) is 4.57. The van der Waals surface area contributed by atoms with Gasteiger partial charge in [-0.1, -0.05) is 6.92 Å². The third kappa shape index (κ3) is 3.14. The molecule has 2 saturated heterocycles. The Balaban J connectivity index is 1.71. The molecule has 0 bridgehead atoms. The summed E-state index contributed by atoms with van der Waals surface area (Å²) in [5.41, 5.74) is 1.33. The second-order valence-electron chi connectivity index (χ2n) is 6.65. The van der Waals surface area contributed by atoms with Crippen LogP contribution in [0.4, 0.5) is 5.69 Å². The van der Waals surface area contributed by atoms with Crippen molar-refractivity contribution >= 4 is 17.5 Å². The average molecular weight is 325 g/mol. The highest BCUT2D eigenvalue weighted by atomic mass is 16.2. The first kappa shape index (κ1) is 16.5. The Kier molecular flexibility index (Phi) is 4.84. The Bertz CT molecular complexity index is 662. The molecule has 126 valence electrons. The van der Waals surface area contributed by atoms with Crippen LogP contribution in [0.25, 0.3) is 0 Å². The SMILES string of the molecule is CCC1CCCCN1C(=O)C1CC(=O)N(c2ccc(C#N)cc2)C1. The van der Waals surface area contributed by atoms with Crippen molar-refractivity contribution in [3.63, 3.8) is 0 Å². The number of piperidine rings is 1. The van der Waals surface area contributed by atoms with E-state index in [2.05, 4.69) is 13.0 Å². The highest BCUT2D eigenvalue weighted by Crippen LogP contribution is 2.29. The minimum Gasteiger partial charge on any atom is -0.339 e. The Morgan fingerprint density at radius 2 is 2.04 bits per heavy atom. The number of carbonyl (C=O) groups is 2. The summed E-state index contributed by atoms with van der Waals surface area (Å²) in [7, 11) is 0. The van der Waals surface area contributed by atoms with E-state index in [0.29, 0.717) is 18.2 Å². The van der Waals surface area contributed by atoms with Crippen LogP contribution in [0.1, 0.15) is 44.6 Å². The van der Waals surface area contributed by atoms with E-state index < -0.39 is 0 Å². The highest BCUT2D eigenvalue weighted by Gasteiger charge is 2.39. The lowest BCUT2D eigenvalue weighted by Crippen LogP contribution is -2.46. The van der Waals surface area contributed by atoms with Crippen molar-refractivity contribution in [3.05, 3.63) is 29.8 Å². The largest absolute Gasteiger partial charge is 0.339 e. The second-order valence-corrected chi connectivity index (χ2v) is 6.65. The number of hydrogen-bond acceptors (Lipinski definition) is 3. The van der Waals surface area contributed by atoms with Gasteiger partial charge in [-0.15, -0.1) is 0 Å².